The van der Waals surface area contributed by atoms with Gasteiger partial charge in [0.25, 0.3) is 0 Å². The molecule has 110 valence electrons. The summed E-state index contributed by atoms with van der Waals surface area (Å²) < 4.78 is 0.908. The Balaban J connectivity index is 2.32. The first-order valence-corrected chi connectivity index (χ1v) is 8.10. The fourth-order valence-electron chi connectivity index (χ4n) is 2.88. The molecule has 0 amide bonds. The van der Waals surface area contributed by atoms with Crippen molar-refractivity contribution < 1.29 is 4.79 Å². The van der Waals surface area contributed by atoms with E-state index >= 15 is 0 Å². The van der Waals surface area contributed by atoms with Crippen molar-refractivity contribution in [2.24, 2.45) is 0 Å². The highest BCUT2D eigenvalue weighted by molar-refractivity contribution is 9.10. The zero-order chi connectivity index (χ0) is 15.3. The molecule has 0 saturated heterocycles. The molecule has 1 aromatic heterocycles. The van der Waals surface area contributed by atoms with Crippen LogP contribution < -0.4 is 0 Å². The fraction of sp³-hybridized carbons (Fsp3) is 0.333. The van der Waals surface area contributed by atoms with E-state index in [1.54, 1.807) is 12.4 Å². The predicted molar refractivity (Wildman–Crippen MR) is 89.4 cm³/mol. The van der Waals surface area contributed by atoms with Crippen LogP contribution in [-0.4, -0.2) is 10.8 Å². The Morgan fingerprint density at radius 3 is 2.38 bits per heavy atom. The third-order valence-corrected chi connectivity index (χ3v) is 4.63. The van der Waals surface area contributed by atoms with Crippen LogP contribution in [0.1, 0.15) is 37.8 Å². The van der Waals surface area contributed by atoms with Gasteiger partial charge in [0, 0.05) is 23.3 Å². The molecule has 2 aromatic rings. The van der Waals surface area contributed by atoms with Gasteiger partial charge in [0.15, 0.2) is 0 Å². The van der Waals surface area contributed by atoms with Crippen LogP contribution in [0.5, 0.6) is 0 Å². The number of Topliss-reactive ketones (excluding diaryl/α,β-unsaturated/α-hetero) is 1. The average molecular weight is 346 g/mol. The van der Waals surface area contributed by atoms with Gasteiger partial charge in [-0.25, -0.2) is 0 Å². The van der Waals surface area contributed by atoms with E-state index in [1.807, 2.05) is 24.3 Å². The van der Waals surface area contributed by atoms with Crippen LogP contribution >= 0.6 is 15.9 Å². The Kier molecular flexibility index (Phi) is 5.29. The maximum atomic E-state index is 13.0. The Morgan fingerprint density at radius 2 is 1.81 bits per heavy atom. The monoisotopic (exact) mass is 345 g/mol. The molecule has 2 nitrogen and oxygen atoms in total. The lowest BCUT2D eigenvalue weighted by atomic mass is 9.71. The van der Waals surface area contributed by atoms with Crippen LogP contribution in [0.25, 0.3) is 0 Å². The largest absolute Gasteiger partial charge is 0.298 e. The number of hydrogen-bond donors (Lipinski definition) is 0. The van der Waals surface area contributed by atoms with Gasteiger partial charge in [-0.15, -0.1) is 0 Å². The second-order valence-corrected chi connectivity index (χ2v) is 6.18. The molecule has 0 bridgehead atoms. The average Bonchev–Trinajstić information content (AvgIpc) is 2.50. The van der Waals surface area contributed by atoms with E-state index in [-0.39, 0.29) is 5.78 Å². The topological polar surface area (TPSA) is 30.0 Å². The van der Waals surface area contributed by atoms with Crippen LogP contribution in [0, 0.1) is 0 Å². The first kappa shape index (κ1) is 15.9. The van der Waals surface area contributed by atoms with Gasteiger partial charge in [-0.1, -0.05) is 44.2 Å². The molecule has 1 heterocycles. The number of carbonyl (C=O) groups is 1. The minimum atomic E-state index is -0.399. The first-order chi connectivity index (χ1) is 10.1. The number of rotatable bonds is 6. The number of ketones is 1. The molecule has 0 aliphatic carbocycles. The number of halogens is 1. The van der Waals surface area contributed by atoms with E-state index in [4.69, 9.17) is 0 Å². The molecule has 0 aliphatic heterocycles. The number of hydrogen-bond acceptors (Lipinski definition) is 2. The molecule has 0 radical (unpaired) electrons. The van der Waals surface area contributed by atoms with Gasteiger partial charge in [-0.3, -0.25) is 9.78 Å². The maximum absolute atomic E-state index is 13.0. The summed E-state index contributed by atoms with van der Waals surface area (Å²) in [4.78, 5) is 17.1. The predicted octanol–water partition coefficient (Wildman–Crippen LogP) is 4.71. The third kappa shape index (κ3) is 3.41. The van der Waals surface area contributed by atoms with Crippen molar-refractivity contribution in [3.8, 4) is 0 Å². The van der Waals surface area contributed by atoms with Crippen LogP contribution in [-0.2, 0) is 16.6 Å². The van der Waals surface area contributed by atoms with Gasteiger partial charge in [-0.2, -0.15) is 0 Å². The molecular weight excluding hydrogens is 326 g/mol. The SMILES string of the molecule is CCC(CC)(C(=O)Cc1cncc(Br)c1)c1ccccc1. The summed E-state index contributed by atoms with van der Waals surface area (Å²) in [5.74, 6) is 0.263. The van der Waals surface area contributed by atoms with E-state index in [0.29, 0.717) is 6.42 Å². The minimum absolute atomic E-state index is 0.263. The molecule has 2 rings (SSSR count). The summed E-state index contributed by atoms with van der Waals surface area (Å²) in [7, 11) is 0. The highest BCUT2D eigenvalue weighted by Crippen LogP contribution is 2.33. The minimum Gasteiger partial charge on any atom is -0.298 e. The van der Waals surface area contributed by atoms with Crippen molar-refractivity contribution in [2.75, 3.05) is 0 Å². The van der Waals surface area contributed by atoms with E-state index < -0.39 is 5.41 Å². The van der Waals surface area contributed by atoms with E-state index in [1.165, 1.54) is 0 Å². The molecule has 21 heavy (non-hydrogen) atoms. The Morgan fingerprint density at radius 1 is 1.14 bits per heavy atom. The summed E-state index contributed by atoms with van der Waals surface area (Å²) in [6, 6.07) is 12.1. The maximum Gasteiger partial charge on any atom is 0.147 e. The van der Waals surface area contributed by atoms with Crippen LogP contribution in [0.15, 0.2) is 53.3 Å². The molecule has 3 heteroatoms. The molecule has 0 spiro atoms. The quantitative estimate of drug-likeness (QED) is 0.758. The molecule has 0 N–H and O–H groups in total. The van der Waals surface area contributed by atoms with Crippen molar-refractivity contribution in [3.63, 3.8) is 0 Å². The fourth-order valence-corrected chi connectivity index (χ4v) is 3.29. The van der Waals surface area contributed by atoms with E-state index in [0.717, 1.165) is 28.4 Å². The molecule has 0 atom stereocenters. The summed E-state index contributed by atoms with van der Waals surface area (Å²) in [6.45, 7) is 4.18. The first-order valence-electron chi connectivity index (χ1n) is 7.30. The number of nitrogens with zero attached hydrogens (tertiary/aromatic N) is 1. The van der Waals surface area contributed by atoms with Gasteiger partial charge in [-0.05, 0) is 46.0 Å². The summed E-state index contributed by atoms with van der Waals surface area (Å²) >= 11 is 3.41. The summed E-state index contributed by atoms with van der Waals surface area (Å²) in [5, 5.41) is 0. The van der Waals surface area contributed by atoms with Crippen molar-refractivity contribution in [3.05, 3.63) is 64.4 Å². The summed E-state index contributed by atoms with van der Waals surface area (Å²) in [6.07, 6.45) is 5.55. The molecule has 0 fully saturated rings. The Labute approximate surface area is 134 Å². The zero-order valence-electron chi connectivity index (χ0n) is 12.5. The highest BCUT2D eigenvalue weighted by atomic mass is 79.9. The Bertz CT molecular complexity index is 606. The van der Waals surface area contributed by atoms with Crippen molar-refractivity contribution in [1.82, 2.24) is 4.98 Å². The van der Waals surface area contributed by atoms with Crippen molar-refractivity contribution in [1.29, 1.82) is 0 Å². The number of benzene rings is 1. The smallest absolute Gasteiger partial charge is 0.147 e. The Hall–Kier alpha value is -1.48. The van der Waals surface area contributed by atoms with Crippen LogP contribution in [0.4, 0.5) is 0 Å². The number of aromatic nitrogens is 1. The van der Waals surface area contributed by atoms with Gasteiger partial charge >= 0.3 is 0 Å². The summed E-state index contributed by atoms with van der Waals surface area (Å²) in [5.41, 5.74) is 1.67. The standard InChI is InChI=1S/C18H20BrNO/c1-3-18(4-2,15-8-6-5-7-9-15)17(21)11-14-10-16(19)13-20-12-14/h5-10,12-13H,3-4,11H2,1-2H3. The molecule has 0 saturated carbocycles. The third-order valence-electron chi connectivity index (χ3n) is 4.19. The molecule has 0 aliphatic rings. The lowest BCUT2D eigenvalue weighted by Gasteiger charge is -2.31. The lowest BCUT2D eigenvalue weighted by molar-refractivity contribution is -0.124. The second-order valence-electron chi connectivity index (χ2n) is 5.27. The van der Waals surface area contributed by atoms with Crippen molar-refractivity contribution in [2.45, 2.75) is 38.5 Å². The highest BCUT2D eigenvalue weighted by Gasteiger charge is 2.35. The van der Waals surface area contributed by atoms with Crippen LogP contribution in [0.3, 0.4) is 0 Å². The van der Waals surface area contributed by atoms with Gasteiger partial charge in [0.2, 0.25) is 0 Å². The molecular formula is C18H20BrNO. The lowest BCUT2D eigenvalue weighted by Crippen LogP contribution is -2.36. The van der Waals surface area contributed by atoms with Crippen molar-refractivity contribution >= 4 is 21.7 Å². The van der Waals surface area contributed by atoms with E-state index in [9.17, 15) is 4.79 Å². The van der Waals surface area contributed by atoms with Gasteiger partial charge < -0.3 is 0 Å². The second kappa shape index (κ2) is 6.99. The van der Waals surface area contributed by atoms with E-state index in [2.05, 4.69) is 46.9 Å². The van der Waals surface area contributed by atoms with Gasteiger partial charge in [0.05, 0.1) is 5.41 Å². The number of carbonyl (C=O) groups excluding carboxylic acids is 1. The normalized spacial score (nSPS) is 11.4. The zero-order valence-corrected chi connectivity index (χ0v) is 14.1. The van der Waals surface area contributed by atoms with Crippen LogP contribution in [0.2, 0.25) is 0 Å². The molecule has 1 aromatic carbocycles. The number of pyridine rings is 1. The molecule has 0 unspecified atom stereocenters. The van der Waals surface area contributed by atoms with Gasteiger partial charge in [0.1, 0.15) is 5.78 Å².